The molecule has 72 valence electrons. The van der Waals surface area contributed by atoms with Crippen molar-refractivity contribution < 1.29 is 9.59 Å². The molecule has 0 unspecified atom stereocenters. The Balaban J connectivity index is 1.95. The van der Waals surface area contributed by atoms with Gasteiger partial charge in [-0.3, -0.25) is 9.59 Å². The first-order chi connectivity index (χ1) is 6.18. The van der Waals surface area contributed by atoms with Crippen LogP contribution in [-0.4, -0.2) is 47.3 Å². The van der Waals surface area contributed by atoms with E-state index in [9.17, 15) is 9.59 Å². The number of carbonyl (C=O) groups is 2. The summed E-state index contributed by atoms with van der Waals surface area (Å²) >= 11 is 0. The van der Waals surface area contributed by atoms with Gasteiger partial charge < -0.3 is 9.80 Å². The molecule has 2 fully saturated rings. The third kappa shape index (κ3) is 1.66. The molecule has 0 spiro atoms. The largest absolute Gasteiger partial charge is 0.336 e. The van der Waals surface area contributed by atoms with Crippen LogP contribution in [0.1, 0.15) is 19.8 Å². The Kier molecular flexibility index (Phi) is 1.98. The standard InChI is InChI=1S/C9H14N2O2/c1-7(12)10-4-5-11(8-2-3-8)9(13)6-10/h8H,2-6H2,1H3. The lowest BCUT2D eigenvalue weighted by Crippen LogP contribution is -2.52. The quantitative estimate of drug-likeness (QED) is 0.565. The summed E-state index contributed by atoms with van der Waals surface area (Å²) in [6, 6.07) is 0.488. The van der Waals surface area contributed by atoms with Gasteiger partial charge in [0, 0.05) is 26.1 Å². The molecular formula is C9H14N2O2. The van der Waals surface area contributed by atoms with Gasteiger partial charge in [0.1, 0.15) is 0 Å². The van der Waals surface area contributed by atoms with Crippen molar-refractivity contribution >= 4 is 11.8 Å². The van der Waals surface area contributed by atoms with E-state index in [4.69, 9.17) is 0 Å². The van der Waals surface area contributed by atoms with Crippen LogP contribution in [0.3, 0.4) is 0 Å². The number of nitrogens with zero attached hydrogens (tertiary/aromatic N) is 2. The fourth-order valence-corrected chi connectivity index (χ4v) is 1.73. The van der Waals surface area contributed by atoms with Gasteiger partial charge >= 0.3 is 0 Å². The van der Waals surface area contributed by atoms with Gasteiger partial charge in [0.15, 0.2) is 0 Å². The molecule has 0 radical (unpaired) electrons. The number of hydrogen-bond donors (Lipinski definition) is 0. The second-order valence-electron chi connectivity index (χ2n) is 3.76. The monoisotopic (exact) mass is 182 g/mol. The Labute approximate surface area is 77.5 Å². The molecule has 0 bridgehead atoms. The molecule has 1 aliphatic heterocycles. The molecule has 1 heterocycles. The Morgan fingerprint density at radius 3 is 2.54 bits per heavy atom. The summed E-state index contributed by atoms with van der Waals surface area (Å²) in [6.45, 7) is 3.23. The highest BCUT2D eigenvalue weighted by Gasteiger charge is 2.35. The van der Waals surface area contributed by atoms with Crippen LogP contribution < -0.4 is 0 Å². The average Bonchev–Trinajstić information content (AvgIpc) is 2.87. The van der Waals surface area contributed by atoms with Crippen LogP contribution in [0, 0.1) is 0 Å². The predicted octanol–water partition coefficient (Wildman–Crippen LogP) is -0.161. The van der Waals surface area contributed by atoms with E-state index in [1.54, 1.807) is 4.90 Å². The van der Waals surface area contributed by atoms with Crippen molar-refractivity contribution in [2.75, 3.05) is 19.6 Å². The lowest BCUT2D eigenvalue weighted by atomic mass is 10.3. The fourth-order valence-electron chi connectivity index (χ4n) is 1.73. The molecule has 13 heavy (non-hydrogen) atoms. The van der Waals surface area contributed by atoms with Gasteiger partial charge in [-0.2, -0.15) is 0 Å². The zero-order chi connectivity index (χ0) is 9.42. The summed E-state index contributed by atoms with van der Waals surface area (Å²) in [5.41, 5.74) is 0. The van der Waals surface area contributed by atoms with Gasteiger partial charge in [-0.15, -0.1) is 0 Å². The molecule has 0 aromatic heterocycles. The number of piperazine rings is 1. The van der Waals surface area contributed by atoms with Crippen molar-refractivity contribution in [1.29, 1.82) is 0 Å². The third-order valence-electron chi connectivity index (χ3n) is 2.69. The van der Waals surface area contributed by atoms with E-state index in [1.165, 1.54) is 6.92 Å². The minimum absolute atomic E-state index is 0.00352. The second kappa shape index (κ2) is 3.01. The van der Waals surface area contributed by atoms with Gasteiger partial charge in [0.25, 0.3) is 0 Å². The maximum absolute atomic E-state index is 11.5. The van der Waals surface area contributed by atoms with E-state index in [2.05, 4.69) is 0 Å². The fraction of sp³-hybridized carbons (Fsp3) is 0.778. The number of amides is 2. The van der Waals surface area contributed by atoms with E-state index < -0.39 is 0 Å². The van der Waals surface area contributed by atoms with E-state index in [0.29, 0.717) is 12.6 Å². The van der Waals surface area contributed by atoms with Crippen LogP contribution >= 0.6 is 0 Å². The molecule has 0 atom stereocenters. The molecular weight excluding hydrogens is 168 g/mol. The molecule has 2 rings (SSSR count). The SMILES string of the molecule is CC(=O)N1CCN(C2CC2)C(=O)C1. The van der Waals surface area contributed by atoms with E-state index in [1.807, 2.05) is 4.90 Å². The minimum Gasteiger partial charge on any atom is -0.336 e. The van der Waals surface area contributed by atoms with Crippen molar-refractivity contribution in [3.8, 4) is 0 Å². The summed E-state index contributed by atoms with van der Waals surface area (Å²) in [5.74, 6) is 0.118. The molecule has 0 aromatic carbocycles. The number of hydrogen-bond acceptors (Lipinski definition) is 2. The van der Waals surface area contributed by atoms with Crippen molar-refractivity contribution in [2.24, 2.45) is 0 Å². The zero-order valence-corrected chi connectivity index (χ0v) is 7.82. The van der Waals surface area contributed by atoms with Crippen LogP contribution in [0.15, 0.2) is 0 Å². The molecule has 1 aliphatic carbocycles. The average molecular weight is 182 g/mol. The molecule has 4 heteroatoms. The predicted molar refractivity (Wildman–Crippen MR) is 47.0 cm³/mol. The smallest absolute Gasteiger partial charge is 0.242 e. The zero-order valence-electron chi connectivity index (χ0n) is 7.82. The van der Waals surface area contributed by atoms with Gasteiger partial charge in [-0.25, -0.2) is 0 Å². The lowest BCUT2D eigenvalue weighted by molar-refractivity contribution is -0.144. The van der Waals surface area contributed by atoms with Crippen LogP contribution in [0.4, 0.5) is 0 Å². The van der Waals surface area contributed by atoms with Crippen molar-refractivity contribution in [1.82, 2.24) is 9.80 Å². The van der Waals surface area contributed by atoms with E-state index in [-0.39, 0.29) is 18.4 Å². The van der Waals surface area contributed by atoms with Crippen LogP contribution in [0.5, 0.6) is 0 Å². The topological polar surface area (TPSA) is 40.6 Å². The highest BCUT2D eigenvalue weighted by Crippen LogP contribution is 2.27. The van der Waals surface area contributed by atoms with E-state index >= 15 is 0 Å². The molecule has 2 aliphatic rings. The lowest BCUT2D eigenvalue weighted by Gasteiger charge is -2.33. The Morgan fingerprint density at radius 1 is 1.38 bits per heavy atom. The summed E-state index contributed by atoms with van der Waals surface area (Å²) in [4.78, 5) is 26.0. The molecule has 0 aromatic rings. The summed E-state index contributed by atoms with van der Waals surface area (Å²) in [7, 11) is 0. The van der Waals surface area contributed by atoms with Crippen LogP contribution in [0.2, 0.25) is 0 Å². The minimum atomic E-state index is 0.00352. The van der Waals surface area contributed by atoms with Gasteiger partial charge in [-0.05, 0) is 12.8 Å². The van der Waals surface area contributed by atoms with Gasteiger partial charge in [-0.1, -0.05) is 0 Å². The second-order valence-corrected chi connectivity index (χ2v) is 3.76. The first kappa shape index (κ1) is 8.53. The van der Waals surface area contributed by atoms with Crippen molar-refractivity contribution in [3.63, 3.8) is 0 Å². The third-order valence-corrected chi connectivity index (χ3v) is 2.69. The van der Waals surface area contributed by atoms with E-state index in [0.717, 1.165) is 19.4 Å². The number of carbonyl (C=O) groups excluding carboxylic acids is 2. The highest BCUT2D eigenvalue weighted by molar-refractivity contribution is 5.85. The summed E-state index contributed by atoms with van der Waals surface area (Å²) in [6.07, 6.45) is 2.29. The van der Waals surface area contributed by atoms with Crippen molar-refractivity contribution in [3.05, 3.63) is 0 Å². The first-order valence-corrected chi connectivity index (χ1v) is 4.73. The molecule has 1 saturated heterocycles. The van der Waals surface area contributed by atoms with Crippen molar-refractivity contribution in [2.45, 2.75) is 25.8 Å². The maximum Gasteiger partial charge on any atom is 0.242 e. The maximum atomic E-state index is 11.5. The normalized spacial score (nSPS) is 23.6. The first-order valence-electron chi connectivity index (χ1n) is 4.73. The summed E-state index contributed by atoms with van der Waals surface area (Å²) in [5, 5.41) is 0. The Bertz CT molecular complexity index is 248. The van der Waals surface area contributed by atoms with Gasteiger partial charge in [0.2, 0.25) is 11.8 Å². The highest BCUT2D eigenvalue weighted by atomic mass is 16.2. The molecule has 1 saturated carbocycles. The van der Waals surface area contributed by atoms with Crippen LogP contribution in [0.25, 0.3) is 0 Å². The Morgan fingerprint density at radius 2 is 2.08 bits per heavy atom. The molecule has 0 N–H and O–H groups in total. The number of rotatable bonds is 1. The Hall–Kier alpha value is -1.06. The van der Waals surface area contributed by atoms with Crippen LogP contribution in [-0.2, 0) is 9.59 Å². The molecule has 2 amide bonds. The summed E-state index contributed by atoms with van der Waals surface area (Å²) < 4.78 is 0. The van der Waals surface area contributed by atoms with Gasteiger partial charge in [0.05, 0.1) is 6.54 Å². The molecule has 4 nitrogen and oxygen atoms in total.